The van der Waals surface area contributed by atoms with Gasteiger partial charge >= 0.3 is 0 Å². The highest BCUT2D eigenvalue weighted by molar-refractivity contribution is 7.98. The predicted octanol–water partition coefficient (Wildman–Crippen LogP) is 3.14. The molecule has 0 radical (unpaired) electrons. The second-order valence-corrected chi connectivity index (χ2v) is 6.28. The topological polar surface area (TPSA) is 29.0 Å². The van der Waals surface area contributed by atoms with Crippen molar-refractivity contribution in [2.24, 2.45) is 0 Å². The molecule has 2 aromatic heterocycles. The van der Waals surface area contributed by atoms with E-state index < -0.39 is 0 Å². The normalized spacial score (nSPS) is 11.5. The summed E-state index contributed by atoms with van der Waals surface area (Å²) in [4.78, 5) is 12.0. The zero-order chi connectivity index (χ0) is 12.3. The summed E-state index contributed by atoms with van der Waals surface area (Å²) in [5.74, 6) is 2.73. The van der Waals surface area contributed by atoms with E-state index >= 15 is 0 Å². The van der Waals surface area contributed by atoms with Crippen LogP contribution in [0, 0.1) is 0 Å². The Labute approximate surface area is 114 Å². The Morgan fingerprint density at radius 2 is 2.24 bits per heavy atom. The van der Waals surface area contributed by atoms with Crippen LogP contribution in [0.3, 0.4) is 0 Å². The molecule has 0 atom stereocenters. The zero-order valence-corrected chi connectivity index (χ0v) is 12.2. The van der Waals surface area contributed by atoms with E-state index in [0.717, 1.165) is 34.1 Å². The zero-order valence-electron chi connectivity index (χ0n) is 9.81. The van der Waals surface area contributed by atoms with Crippen LogP contribution in [0.5, 0.6) is 0 Å². The van der Waals surface area contributed by atoms with Gasteiger partial charge in [-0.15, -0.1) is 11.3 Å². The van der Waals surface area contributed by atoms with Crippen LogP contribution in [-0.2, 0) is 5.75 Å². The molecule has 0 bridgehead atoms. The molecule has 2 heterocycles. The lowest BCUT2D eigenvalue weighted by Crippen LogP contribution is -2.14. The molecule has 0 aromatic carbocycles. The van der Waals surface area contributed by atoms with E-state index in [1.807, 2.05) is 23.2 Å². The number of aromatic nitrogens is 2. The molecular weight excluding hydrogens is 274 g/mol. The summed E-state index contributed by atoms with van der Waals surface area (Å²) in [7, 11) is 4.15. The molecule has 0 N–H and O–H groups in total. The number of rotatable bonds is 5. The van der Waals surface area contributed by atoms with Crippen molar-refractivity contribution in [2.75, 3.05) is 26.4 Å². The maximum absolute atomic E-state index is 6.10. The minimum atomic E-state index is 0.569. The smallest absolute Gasteiger partial charge is 0.141 e. The highest BCUT2D eigenvalue weighted by atomic mass is 35.5. The SMILES string of the molecule is CN(C)CCSCc1nc(Cl)c2ccsc2n1. The van der Waals surface area contributed by atoms with Crippen molar-refractivity contribution < 1.29 is 0 Å². The molecular formula is C11H14ClN3S2. The van der Waals surface area contributed by atoms with Crippen LogP contribution in [-0.4, -0.2) is 41.3 Å². The van der Waals surface area contributed by atoms with Crippen LogP contribution in [0.1, 0.15) is 5.82 Å². The lowest BCUT2D eigenvalue weighted by Gasteiger charge is -2.08. The summed E-state index contributed by atoms with van der Waals surface area (Å²) >= 11 is 9.55. The van der Waals surface area contributed by atoms with E-state index in [0.29, 0.717) is 5.15 Å². The van der Waals surface area contributed by atoms with E-state index in [2.05, 4.69) is 29.0 Å². The summed E-state index contributed by atoms with van der Waals surface area (Å²) in [6.07, 6.45) is 0. The standard InChI is InChI=1S/C11H14ClN3S2/c1-15(2)4-6-16-7-9-13-10(12)8-3-5-17-11(8)14-9/h3,5H,4,6-7H2,1-2H3. The number of hydrogen-bond acceptors (Lipinski definition) is 5. The molecule has 0 spiro atoms. The predicted molar refractivity (Wildman–Crippen MR) is 77.1 cm³/mol. The fraction of sp³-hybridized carbons (Fsp3) is 0.455. The van der Waals surface area contributed by atoms with Crippen LogP contribution in [0.25, 0.3) is 10.2 Å². The molecule has 92 valence electrons. The van der Waals surface area contributed by atoms with Gasteiger partial charge in [0.25, 0.3) is 0 Å². The van der Waals surface area contributed by atoms with Crippen molar-refractivity contribution in [3.05, 3.63) is 22.4 Å². The fourth-order valence-corrected chi connectivity index (χ4v) is 3.37. The molecule has 0 aliphatic carbocycles. The van der Waals surface area contributed by atoms with E-state index in [1.54, 1.807) is 11.3 Å². The molecule has 0 aliphatic rings. The first kappa shape index (κ1) is 13.1. The second-order valence-electron chi connectivity index (χ2n) is 3.93. The average Bonchev–Trinajstić information content (AvgIpc) is 2.72. The molecule has 2 aromatic rings. The number of thioether (sulfide) groups is 1. The van der Waals surface area contributed by atoms with Gasteiger partial charge in [-0.25, -0.2) is 9.97 Å². The number of nitrogens with zero attached hydrogens (tertiary/aromatic N) is 3. The molecule has 0 fully saturated rings. The highest BCUT2D eigenvalue weighted by Crippen LogP contribution is 2.25. The third kappa shape index (κ3) is 3.55. The van der Waals surface area contributed by atoms with Gasteiger partial charge in [0.05, 0.1) is 5.75 Å². The first-order valence-corrected chi connectivity index (χ1v) is 7.70. The summed E-state index contributed by atoms with van der Waals surface area (Å²) in [5.41, 5.74) is 0. The molecule has 0 saturated carbocycles. The van der Waals surface area contributed by atoms with Gasteiger partial charge in [-0.3, -0.25) is 0 Å². The lowest BCUT2D eigenvalue weighted by molar-refractivity contribution is 0.437. The number of fused-ring (bicyclic) bond motifs is 1. The first-order chi connectivity index (χ1) is 8.16. The molecule has 3 nitrogen and oxygen atoms in total. The van der Waals surface area contributed by atoms with Gasteiger partial charge in [0.1, 0.15) is 15.8 Å². The lowest BCUT2D eigenvalue weighted by atomic mass is 10.4. The molecule has 0 amide bonds. The van der Waals surface area contributed by atoms with Crippen molar-refractivity contribution in [3.8, 4) is 0 Å². The minimum absolute atomic E-state index is 0.569. The Bertz CT molecular complexity index is 498. The van der Waals surface area contributed by atoms with E-state index in [1.165, 1.54) is 0 Å². The first-order valence-electron chi connectivity index (χ1n) is 5.29. The van der Waals surface area contributed by atoms with Gasteiger partial charge in [-0.1, -0.05) is 11.6 Å². The van der Waals surface area contributed by atoms with Crippen LogP contribution >= 0.6 is 34.7 Å². The molecule has 0 saturated heterocycles. The van der Waals surface area contributed by atoms with E-state index in [4.69, 9.17) is 11.6 Å². The third-order valence-electron chi connectivity index (χ3n) is 2.24. The van der Waals surface area contributed by atoms with E-state index in [-0.39, 0.29) is 0 Å². The summed E-state index contributed by atoms with van der Waals surface area (Å²) in [6.45, 7) is 1.07. The van der Waals surface area contributed by atoms with Gasteiger partial charge in [0, 0.05) is 17.7 Å². The Morgan fingerprint density at radius 3 is 3.00 bits per heavy atom. The van der Waals surface area contributed by atoms with Crippen molar-refractivity contribution in [1.82, 2.24) is 14.9 Å². The Balaban J connectivity index is 1.99. The monoisotopic (exact) mass is 287 g/mol. The van der Waals surface area contributed by atoms with Crippen LogP contribution in [0.2, 0.25) is 5.15 Å². The summed E-state index contributed by atoms with van der Waals surface area (Å²) in [6, 6.07) is 1.96. The number of halogens is 1. The molecule has 17 heavy (non-hydrogen) atoms. The quantitative estimate of drug-likeness (QED) is 0.624. The highest BCUT2D eigenvalue weighted by Gasteiger charge is 2.06. The Morgan fingerprint density at radius 1 is 1.41 bits per heavy atom. The average molecular weight is 288 g/mol. The van der Waals surface area contributed by atoms with Crippen LogP contribution < -0.4 is 0 Å². The van der Waals surface area contributed by atoms with Gasteiger partial charge in [-0.2, -0.15) is 11.8 Å². The molecule has 2 rings (SSSR count). The summed E-state index contributed by atoms with van der Waals surface area (Å²) < 4.78 is 0. The van der Waals surface area contributed by atoms with E-state index in [9.17, 15) is 0 Å². The Hall–Kier alpha value is -0.360. The minimum Gasteiger partial charge on any atom is -0.309 e. The maximum atomic E-state index is 6.10. The number of hydrogen-bond donors (Lipinski definition) is 0. The van der Waals surface area contributed by atoms with Gasteiger partial charge in [0.2, 0.25) is 0 Å². The van der Waals surface area contributed by atoms with Crippen molar-refractivity contribution in [2.45, 2.75) is 5.75 Å². The van der Waals surface area contributed by atoms with Crippen LogP contribution in [0.15, 0.2) is 11.4 Å². The van der Waals surface area contributed by atoms with Crippen molar-refractivity contribution in [3.63, 3.8) is 0 Å². The number of thiophene rings is 1. The molecule has 6 heteroatoms. The Kier molecular flexibility index (Phi) is 4.62. The van der Waals surface area contributed by atoms with Crippen LogP contribution in [0.4, 0.5) is 0 Å². The second kappa shape index (κ2) is 6.00. The largest absolute Gasteiger partial charge is 0.309 e. The third-order valence-corrected chi connectivity index (χ3v) is 4.27. The van der Waals surface area contributed by atoms with Crippen molar-refractivity contribution >= 4 is 44.9 Å². The van der Waals surface area contributed by atoms with Gasteiger partial charge < -0.3 is 4.90 Å². The van der Waals surface area contributed by atoms with Gasteiger partial charge in [0.15, 0.2) is 0 Å². The maximum Gasteiger partial charge on any atom is 0.141 e. The molecule has 0 aliphatic heterocycles. The summed E-state index contributed by atoms with van der Waals surface area (Å²) in [5, 5.41) is 3.52. The van der Waals surface area contributed by atoms with Gasteiger partial charge in [-0.05, 0) is 25.5 Å². The van der Waals surface area contributed by atoms with Crippen molar-refractivity contribution in [1.29, 1.82) is 0 Å². The fourth-order valence-electron chi connectivity index (χ4n) is 1.34. The molecule has 0 unspecified atom stereocenters.